The van der Waals surface area contributed by atoms with Crippen molar-refractivity contribution in [2.24, 2.45) is 0 Å². The normalized spacial score (nSPS) is 0.800. The van der Waals surface area contributed by atoms with Crippen LogP contribution in [-0.2, 0) is 0 Å². The van der Waals surface area contributed by atoms with Gasteiger partial charge >= 0.3 is 23.1 Å². The smallest absolute Gasteiger partial charge is 1.00 e. The zero-order chi connectivity index (χ0) is 2.00. The number of rotatable bonds is 0. The SMILES string of the molecule is C=C.[Br-].[Br-].[Mg+2]. The molecule has 28 valence electrons. The van der Waals surface area contributed by atoms with Crippen molar-refractivity contribution in [3.8, 4) is 0 Å². The van der Waals surface area contributed by atoms with Crippen molar-refractivity contribution in [1.29, 1.82) is 0 Å². The summed E-state index contributed by atoms with van der Waals surface area (Å²) in [5.41, 5.74) is 0. The second-order valence-electron chi connectivity index (χ2n) is 0. The predicted octanol–water partition coefficient (Wildman–Crippen LogP) is -5.57. The fourth-order valence-corrected chi connectivity index (χ4v) is 0. The average molecular weight is 212 g/mol. The first-order valence-electron chi connectivity index (χ1n) is 0.500. The maximum atomic E-state index is 3.00. The third-order valence-electron chi connectivity index (χ3n) is 0. The predicted molar refractivity (Wildman–Crippen MR) is 17.0 cm³/mol. The van der Waals surface area contributed by atoms with E-state index in [-0.39, 0.29) is 57.0 Å². The van der Waals surface area contributed by atoms with E-state index < -0.39 is 0 Å². The Morgan fingerprint density at radius 2 is 0.800 bits per heavy atom. The van der Waals surface area contributed by atoms with Crippen molar-refractivity contribution in [2.75, 3.05) is 0 Å². The first-order valence-corrected chi connectivity index (χ1v) is 0.500. The van der Waals surface area contributed by atoms with Gasteiger partial charge in [0.25, 0.3) is 0 Å². The van der Waals surface area contributed by atoms with Crippen LogP contribution in [0.1, 0.15) is 0 Å². The zero-order valence-electron chi connectivity index (χ0n) is 2.88. The standard InChI is InChI=1S/C2H4.2BrH.Mg/c1-2;;;/h1-2H2;2*1H;/q;;;+2/p-2. The van der Waals surface area contributed by atoms with Gasteiger partial charge in [0.2, 0.25) is 0 Å². The van der Waals surface area contributed by atoms with Gasteiger partial charge in [-0.05, 0) is 0 Å². The Morgan fingerprint density at radius 3 is 0.800 bits per heavy atom. The second kappa shape index (κ2) is 50.7. The summed E-state index contributed by atoms with van der Waals surface area (Å²) in [5, 5.41) is 0. The number of hydrogen-bond donors (Lipinski definition) is 0. The van der Waals surface area contributed by atoms with E-state index >= 15 is 0 Å². The fraction of sp³-hybridized carbons (Fsp3) is 0. The molecule has 0 amide bonds. The summed E-state index contributed by atoms with van der Waals surface area (Å²) >= 11 is 0. The quantitative estimate of drug-likeness (QED) is 0.277. The average Bonchev–Trinajstić information content (AvgIpc) is 1.00. The fourth-order valence-electron chi connectivity index (χ4n) is 0. The van der Waals surface area contributed by atoms with E-state index in [0.717, 1.165) is 0 Å². The number of halogens is 2. The van der Waals surface area contributed by atoms with Gasteiger partial charge in [-0.25, -0.2) is 0 Å². The minimum absolute atomic E-state index is 0. The van der Waals surface area contributed by atoms with Crippen LogP contribution in [0.4, 0.5) is 0 Å². The Labute approximate surface area is 69.7 Å². The van der Waals surface area contributed by atoms with Crippen LogP contribution in [0.2, 0.25) is 0 Å². The maximum Gasteiger partial charge on any atom is 2.00 e. The molecule has 0 fully saturated rings. The monoisotopic (exact) mass is 210 g/mol. The second-order valence-corrected chi connectivity index (χ2v) is 0. The van der Waals surface area contributed by atoms with Gasteiger partial charge in [-0.2, -0.15) is 0 Å². The third kappa shape index (κ3) is 30.5. The molecular formula is C2H4Br2Mg. The summed E-state index contributed by atoms with van der Waals surface area (Å²) in [5.74, 6) is 0. The molecular weight excluding hydrogens is 208 g/mol. The van der Waals surface area contributed by atoms with Gasteiger partial charge in [0.05, 0.1) is 0 Å². The number of hydrogen-bond acceptors (Lipinski definition) is 0. The van der Waals surface area contributed by atoms with Crippen LogP contribution in [0.15, 0.2) is 13.2 Å². The van der Waals surface area contributed by atoms with Crippen molar-refractivity contribution in [3.05, 3.63) is 13.2 Å². The van der Waals surface area contributed by atoms with Crippen LogP contribution < -0.4 is 34.0 Å². The molecule has 0 radical (unpaired) electrons. The Morgan fingerprint density at radius 1 is 0.800 bits per heavy atom. The molecule has 0 saturated carbocycles. The van der Waals surface area contributed by atoms with E-state index in [4.69, 9.17) is 0 Å². The largest absolute Gasteiger partial charge is 2.00 e. The molecule has 0 spiro atoms. The molecule has 0 aliphatic carbocycles. The van der Waals surface area contributed by atoms with E-state index in [0.29, 0.717) is 0 Å². The molecule has 0 aliphatic heterocycles. The van der Waals surface area contributed by atoms with Crippen LogP contribution in [-0.4, -0.2) is 23.1 Å². The molecule has 0 aromatic carbocycles. The summed E-state index contributed by atoms with van der Waals surface area (Å²) in [6.07, 6.45) is 0. The van der Waals surface area contributed by atoms with E-state index in [2.05, 4.69) is 13.2 Å². The molecule has 0 aromatic heterocycles. The van der Waals surface area contributed by atoms with Crippen LogP contribution in [0.3, 0.4) is 0 Å². The Kier molecular flexibility index (Phi) is 322. The molecule has 0 nitrogen and oxygen atoms in total. The summed E-state index contributed by atoms with van der Waals surface area (Å²) in [7, 11) is 0. The molecule has 0 unspecified atom stereocenters. The first kappa shape index (κ1) is 31.8. The van der Waals surface area contributed by atoms with Gasteiger partial charge in [0.15, 0.2) is 0 Å². The van der Waals surface area contributed by atoms with Gasteiger partial charge in [-0.3, -0.25) is 0 Å². The summed E-state index contributed by atoms with van der Waals surface area (Å²) in [6, 6.07) is 0. The molecule has 3 heteroatoms. The maximum absolute atomic E-state index is 3.00. The van der Waals surface area contributed by atoms with Crippen LogP contribution >= 0.6 is 0 Å². The Hall–Kier alpha value is 1.47. The molecule has 0 atom stereocenters. The summed E-state index contributed by atoms with van der Waals surface area (Å²) in [6.45, 7) is 6.00. The van der Waals surface area contributed by atoms with Crippen molar-refractivity contribution < 1.29 is 34.0 Å². The van der Waals surface area contributed by atoms with Crippen molar-refractivity contribution in [1.82, 2.24) is 0 Å². The van der Waals surface area contributed by atoms with Crippen molar-refractivity contribution in [3.63, 3.8) is 0 Å². The van der Waals surface area contributed by atoms with Gasteiger partial charge in [-0.1, -0.05) is 0 Å². The van der Waals surface area contributed by atoms with Gasteiger partial charge in [-0.15, -0.1) is 13.2 Å². The first-order chi connectivity index (χ1) is 1.00. The Balaban J connectivity index is -0.00000000167. The zero-order valence-corrected chi connectivity index (χ0v) is 7.46. The molecule has 0 N–H and O–H groups in total. The molecule has 0 aromatic rings. The van der Waals surface area contributed by atoms with E-state index in [1.54, 1.807) is 0 Å². The van der Waals surface area contributed by atoms with Crippen molar-refractivity contribution in [2.45, 2.75) is 0 Å². The molecule has 0 saturated heterocycles. The Bertz CT molecular complexity index is 7.61. The van der Waals surface area contributed by atoms with Crippen LogP contribution in [0, 0.1) is 0 Å². The van der Waals surface area contributed by atoms with Gasteiger partial charge in [0.1, 0.15) is 0 Å². The van der Waals surface area contributed by atoms with Gasteiger partial charge in [0, 0.05) is 0 Å². The van der Waals surface area contributed by atoms with Crippen LogP contribution in [0.25, 0.3) is 0 Å². The van der Waals surface area contributed by atoms with Crippen LogP contribution in [0.5, 0.6) is 0 Å². The molecule has 5 heavy (non-hydrogen) atoms. The van der Waals surface area contributed by atoms with Crippen molar-refractivity contribution >= 4 is 23.1 Å². The molecule has 0 aliphatic rings. The molecule has 0 bridgehead atoms. The molecule has 0 heterocycles. The third-order valence-corrected chi connectivity index (χ3v) is 0. The molecule has 0 rings (SSSR count). The van der Waals surface area contributed by atoms with Gasteiger partial charge < -0.3 is 34.0 Å². The topological polar surface area (TPSA) is 0 Å². The van der Waals surface area contributed by atoms with E-state index in [1.807, 2.05) is 0 Å². The van der Waals surface area contributed by atoms with E-state index in [1.165, 1.54) is 0 Å². The minimum Gasteiger partial charge on any atom is -1.00 e. The van der Waals surface area contributed by atoms with E-state index in [9.17, 15) is 0 Å². The summed E-state index contributed by atoms with van der Waals surface area (Å²) in [4.78, 5) is 0. The summed E-state index contributed by atoms with van der Waals surface area (Å²) < 4.78 is 0. The minimum atomic E-state index is 0.